The van der Waals surface area contributed by atoms with Gasteiger partial charge >= 0.3 is 0 Å². The Labute approximate surface area is 228 Å². The van der Waals surface area contributed by atoms with Gasteiger partial charge in [0.2, 0.25) is 5.78 Å². The summed E-state index contributed by atoms with van der Waals surface area (Å²) in [5.74, 6) is 1.98. The van der Waals surface area contributed by atoms with Gasteiger partial charge in [0.25, 0.3) is 0 Å². The van der Waals surface area contributed by atoms with E-state index in [4.69, 9.17) is 24.7 Å². The van der Waals surface area contributed by atoms with Crippen molar-refractivity contribution in [3.8, 4) is 17.2 Å². The van der Waals surface area contributed by atoms with Crippen molar-refractivity contribution in [2.45, 2.75) is 27.7 Å². The Morgan fingerprint density at radius 3 is 2.39 bits per heavy atom. The van der Waals surface area contributed by atoms with Crippen molar-refractivity contribution in [3.63, 3.8) is 0 Å². The van der Waals surface area contributed by atoms with E-state index in [0.717, 1.165) is 44.3 Å². The number of fused-ring (bicyclic) bond motifs is 1. The Morgan fingerprint density at radius 2 is 1.68 bits per heavy atom. The van der Waals surface area contributed by atoms with Gasteiger partial charge in [-0.05, 0) is 42.5 Å². The molecule has 1 fully saturated rings. The lowest BCUT2D eigenvalue weighted by atomic mass is 10.1. The van der Waals surface area contributed by atoms with E-state index in [-0.39, 0.29) is 11.6 Å². The fourth-order valence-electron chi connectivity index (χ4n) is 3.74. The van der Waals surface area contributed by atoms with E-state index in [1.165, 1.54) is 11.3 Å². The molecule has 3 heterocycles. The van der Waals surface area contributed by atoms with Crippen molar-refractivity contribution in [1.82, 2.24) is 9.88 Å². The smallest absolute Gasteiger partial charge is 0.206 e. The van der Waals surface area contributed by atoms with E-state index in [0.29, 0.717) is 46.9 Å². The number of hydrogen-bond acceptors (Lipinski definition) is 10. The predicted octanol–water partition coefficient (Wildman–Crippen LogP) is 5.23. The van der Waals surface area contributed by atoms with Crippen LogP contribution >= 0.6 is 11.3 Å². The van der Waals surface area contributed by atoms with Crippen LogP contribution in [0.25, 0.3) is 0 Å². The number of nitrogens with one attached hydrogen (secondary N) is 1. The third kappa shape index (κ3) is 7.83. The van der Waals surface area contributed by atoms with Gasteiger partial charge in [-0.15, -0.1) is 0 Å². The number of nitrogens with two attached hydrogens (primary N) is 1. The second kappa shape index (κ2) is 15.2. The van der Waals surface area contributed by atoms with Gasteiger partial charge in [-0.2, -0.15) is 0 Å². The maximum atomic E-state index is 13.0. The maximum absolute atomic E-state index is 13.0. The van der Waals surface area contributed by atoms with E-state index in [9.17, 15) is 4.79 Å². The number of nitrogens with zero attached hydrogens (tertiary/aromatic N) is 2. The van der Waals surface area contributed by atoms with Crippen LogP contribution < -0.4 is 25.3 Å². The van der Waals surface area contributed by atoms with Gasteiger partial charge in [-0.25, -0.2) is 4.98 Å². The normalized spacial score (nSPS) is 14.3. The summed E-state index contributed by atoms with van der Waals surface area (Å²) in [6, 6.07) is 12.7. The monoisotopic (exact) mass is 542 g/mol. The number of morpholine rings is 1. The highest BCUT2D eigenvalue weighted by molar-refractivity contribution is 7.18. The fraction of sp³-hybridized carbons (Fsp3) is 0.429. The van der Waals surface area contributed by atoms with Crippen molar-refractivity contribution >= 4 is 33.8 Å². The van der Waals surface area contributed by atoms with Crippen LogP contribution in [0.2, 0.25) is 0 Å². The average Bonchev–Trinajstić information content (AvgIpc) is 3.35. The Kier molecular flexibility index (Phi) is 11.7. The Hall–Kier alpha value is -3.34. The summed E-state index contributed by atoms with van der Waals surface area (Å²) in [6.07, 6.45) is 0. The number of aromatic nitrogens is 1. The number of anilines is 3. The van der Waals surface area contributed by atoms with Gasteiger partial charge in [0.15, 0.2) is 16.6 Å². The molecule has 3 aromatic rings. The molecule has 10 heteroatoms. The number of nitrogen functional groups attached to an aromatic ring is 1. The lowest BCUT2D eigenvalue weighted by molar-refractivity contribution is 0.0322. The van der Waals surface area contributed by atoms with Crippen molar-refractivity contribution in [2.24, 2.45) is 0 Å². The number of ketones is 1. The van der Waals surface area contributed by atoms with E-state index in [1.807, 2.05) is 52.0 Å². The summed E-state index contributed by atoms with van der Waals surface area (Å²) in [5.41, 5.74) is 7.37. The Balaban J connectivity index is 0.000000956. The zero-order valence-electron chi connectivity index (χ0n) is 22.6. The van der Waals surface area contributed by atoms with Crippen LogP contribution in [0.1, 0.15) is 42.9 Å². The lowest BCUT2D eigenvalue weighted by Gasteiger charge is -2.26. The molecule has 2 aliphatic heterocycles. The second-order valence-electron chi connectivity index (χ2n) is 7.87. The summed E-state index contributed by atoms with van der Waals surface area (Å²) < 4.78 is 22.3. The number of hydrogen-bond donors (Lipinski definition) is 2. The van der Waals surface area contributed by atoms with Crippen molar-refractivity contribution in [3.05, 3.63) is 52.9 Å². The summed E-state index contributed by atoms with van der Waals surface area (Å²) >= 11 is 1.21. The summed E-state index contributed by atoms with van der Waals surface area (Å²) in [4.78, 5) is 20.0. The van der Waals surface area contributed by atoms with Crippen LogP contribution in [0.15, 0.2) is 42.5 Å². The zero-order valence-corrected chi connectivity index (χ0v) is 23.4. The first-order chi connectivity index (χ1) is 18.7. The summed E-state index contributed by atoms with van der Waals surface area (Å²) in [7, 11) is 0. The number of carbonyl (C=O) groups excluding carboxylic acids is 1. The molecule has 0 aliphatic carbocycles. The molecule has 0 saturated carbocycles. The molecule has 0 atom stereocenters. The van der Waals surface area contributed by atoms with Gasteiger partial charge in [0.1, 0.15) is 36.3 Å². The number of rotatable bonds is 8. The van der Waals surface area contributed by atoms with Crippen LogP contribution in [-0.2, 0) is 4.74 Å². The molecule has 0 amide bonds. The topological polar surface area (TPSA) is 108 Å². The van der Waals surface area contributed by atoms with E-state index in [1.54, 1.807) is 18.2 Å². The third-order valence-electron chi connectivity index (χ3n) is 5.55. The molecular weight excluding hydrogens is 504 g/mol. The Bertz CT molecular complexity index is 1150. The maximum Gasteiger partial charge on any atom is 0.206 e. The van der Waals surface area contributed by atoms with Crippen molar-refractivity contribution in [1.29, 1.82) is 0 Å². The molecule has 0 radical (unpaired) electrons. The fourth-order valence-corrected chi connectivity index (χ4v) is 4.61. The molecule has 38 heavy (non-hydrogen) atoms. The first kappa shape index (κ1) is 29.2. The number of carbonyl (C=O) groups is 1. The van der Waals surface area contributed by atoms with E-state index in [2.05, 4.69) is 15.2 Å². The van der Waals surface area contributed by atoms with Gasteiger partial charge in [-0.3, -0.25) is 9.69 Å². The second-order valence-corrected chi connectivity index (χ2v) is 8.87. The zero-order chi connectivity index (χ0) is 27.3. The van der Waals surface area contributed by atoms with Crippen LogP contribution in [-0.4, -0.2) is 68.3 Å². The molecular formula is C28H38N4O5S. The van der Waals surface area contributed by atoms with Crippen molar-refractivity contribution in [2.75, 3.05) is 63.7 Å². The number of benzene rings is 2. The molecule has 5 rings (SSSR count). The molecule has 2 aliphatic rings. The molecule has 2 aromatic carbocycles. The Morgan fingerprint density at radius 1 is 1.00 bits per heavy atom. The van der Waals surface area contributed by atoms with Crippen LogP contribution in [0.5, 0.6) is 17.2 Å². The van der Waals surface area contributed by atoms with Crippen molar-refractivity contribution < 1.29 is 23.7 Å². The SMILES string of the molecule is CC.CC.Nc1nc(Nc2ccc(OCCN3CCOCC3)cc2)sc1C(=O)c1ccc2c(c1)OCCO2. The van der Waals surface area contributed by atoms with Crippen LogP contribution in [0, 0.1) is 0 Å². The van der Waals surface area contributed by atoms with Crippen LogP contribution in [0.3, 0.4) is 0 Å². The van der Waals surface area contributed by atoms with Gasteiger partial charge in [0.05, 0.1) is 13.2 Å². The van der Waals surface area contributed by atoms with E-state index >= 15 is 0 Å². The third-order valence-corrected chi connectivity index (χ3v) is 6.53. The van der Waals surface area contributed by atoms with Gasteiger partial charge in [-0.1, -0.05) is 39.0 Å². The molecule has 1 saturated heterocycles. The average molecular weight is 543 g/mol. The summed E-state index contributed by atoms with van der Waals surface area (Å²) in [6.45, 7) is 13.9. The highest BCUT2D eigenvalue weighted by Gasteiger charge is 2.21. The standard InChI is InChI=1S/C24H26N4O5S.2C2H6/c25-23-22(21(29)16-1-6-19-20(15-16)33-14-13-32-19)34-24(27-23)26-17-2-4-18(5-3-17)31-12-9-28-7-10-30-11-8-28;2*1-2/h1-6,15H,7-14,25H2,(H,26,27);2*1-2H3. The first-order valence-corrected chi connectivity index (χ1v) is 14.0. The molecule has 3 N–H and O–H groups in total. The lowest BCUT2D eigenvalue weighted by Crippen LogP contribution is -2.38. The largest absolute Gasteiger partial charge is 0.492 e. The minimum Gasteiger partial charge on any atom is -0.492 e. The highest BCUT2D eigenvalue weighted by Crippen LogP contribution is 2.34. The van der Waals surface area contributed by atoms with E-state index < -0.39 is 0 Å². The molecule has 0 bridgehead atoms. The minimum atomic E-state index is -0.205. The molecule has 1 aromatic heterocycles. The molecule has 0 spiro atoms. The molecule has 206 valence electrons. The van der Waals surface area contributed by atoms with Gasteiger partial charge < -0.3 is 30.0 Å². The number of thiazole rings is 1. The molecule has 9 nitrogen and oxygen atoms in total. The van der Waals surface area contributed by atoms with Gasteiger partial charge in [0, 0.05) is 30.9 Å². The minimum absolute atomic E-state index is 0.190. The molecule has 0 unspecified atom stereocenters. The highest BCUT2D eigenvalue weighted by atomic mass is 32.1. The quantitative estimate of drug-likeness (QED) is 0.370. The summed E-state index contributed by atoms with van der Waals surface area (Å²) in [5, 5.41) is 3.75. The first-order valence-electron chi connectivity index (χ1n) is 13.2. The number of ether oxygens (including phenoxy) is 4. The van der Waals surface area contributed by atoms with Crippen LogP contribution in [0.4, 0.5) is 16.6 Å². The predicted molar refractivity (Wildman–Crippen MR) is 153 cm³/mol.